The van der Waals surface area contributed by atoms with Crippen molar-refractivity contribution in [3.05, 3.63) is 29.8 Å². The zero-order valence-electron chi connectivity index (χ0n) is 9.07. The van der Waals surface area contributed by atoms with Crippen molar-refractivity contribution >= 4 is 0 Å². The van der Waals surface area contributed by atoms with Crippen molar-refractivity contribution in [2.45, 2.75) is 38.0 Å². The summed E-state index contributed by atoms with van der Waals surface area (Å²) in [6.07, 6.45) is 1.04. The maximum atomic E-state index is 12.9. The van der Waals surface area contributed by atoms with Crippen LogP contribution in [-0.2, 0) is 0 Å². The van der Waals surface area contributed by atoms with E-state index in [4.69, 9.17) is 0 Å². The minimum Gasteiger partial charge on any atom is -0.508 e. The molecule has 3 heteroatoms. The SMILES string of the molecule is Oc1cccc(C2CCCCC2C(F)F)c1. The lowest BCUT2D eigenvalue weighted by Crippen LogP contribution is -2.24. The molecule has 16 heavy (non-hydrogen) atoms. The number of hydrogen-bond donors (Lipinski definition) is 1. The summed E-state index contributed by atoms with van der Waals surface area (Å²) in [7, 11) is 0. The van der Waals surface area contributed by atoms with Gasteiger partial charge in [-0.15, -0.1) is 0 Å². The molecule has 0 aliphatic heterocycles. The highest BCUT2D eigenvalue weighted by Gasteiger charge is 2.33. The van der Waals surface area contributed by atoms with Crippen LogP contribution >= 0.6 is 0 Å². The van der Waals surface area contributed by atoms with E-state index in [1.165, 1.54) is 0 Å². The number of halogens is 2. The smallest absolute Gasteiger partial charge is 0.242 e. The van der Waals surface area contributed by atoms with Crippen molar-refractivity contribution in [2.75, 3.05) is 0 Å². The number of aromatic hydroxyl groups is 1. The molecular formula is C13H16F2O. The quantitative estimate of drug-likeness (QED) is 0.810. The molecule has 1 N–H and O–H groups in total. The lowest BCUT2D eigenvalue weighted by Gasteiger charge is -2.31. The van der Waals surface area contributed by atoms with E-state index in [1.807, 2.05) is 6.07 Å². The molecule has 1 aromatic carbocycles. The second-order valence-electron chi connectivity index (χ2n) is 4.48. The number of phenolic OH excluding ortho intramolecular Hbond substituents is 1. The monoisotopic (exact) mass is 226 g/mol. The van der Waals surface area contributed by atoms with E-state index in [-0.39, 0.29) is 11.7 Å². The van der Waals surface area contributed by atoms with Crippen LogP contribution in [0.15, 0.2) is 24.3 Å². The molecule has 1 aromatic rings. The second kappa shape index (κ2) is 4.81. The molecule has 0 bridgehead atoms. The molecule has 1 aliphatic carbocycles. The Morgan fingerprint density at radius 3 is 2.62 bits per heavy atom. The molecular weight excluding hydrogens is 210 g/mol. The molecule has 0 heterocycles. The first kappa shape index (κ1) is 11.4. The van der Waals surface area contributed by atoms with E-state index in [0.717, 1.165) is 24.8 Å². The molecule has 0 radical (unpaired) electrons. The zero-order valence-corrected chi connectivity index (χ0v) is 9.07. The molecule has 0 aromatic heterocycles. The Morgan fingerprint density at radius 1 is 1.19 bits per heavy atom. The highest BCUT2D eigenvalue weighted by Crippen LogP contribution is 2.41. The van der Waals surface area contributed by atoms with E-state index in [0.29, 0.717) is 6.42 Å². The third kappa shape index (κ3) is 2.34. The Hall–Kier alpha value is -1.12. The predicted molar refractivity (Wildman–Crippen MR) is 58.8 cm³/mol. The van der Waals surface area contributed by atoms with Crippen molar-refractivity contribution in [3.8, 4) is 5.75 Å². The van der Waals surface area contributed by atoms with Gasteiger partial charge in [0, 0.05) is 5.92 Å². The normalized spacial score (nSPS) is 25.9. The fourth-order valence-corrected chi connectivity index (χ4v) is 2.63. The van der Waals surface area contributed by atoms with Gasteiger partial charge in [0.05, 0.1) is 0 Å². The van der Waals surface area contributed by atoms with Crippen LogP contribution < -0.4 is 0 Å². The minimum absolute atomic E-state index is 0.0964. The van der Waals surface area contributed by atoms with Crippen LogP contribution in [0.2, 0.25) is 0 Å². The van der Waals surface area contributed by atoms with Gasteiger partial charge in [0.1, 0.15) is 5.75 Å². The van der Waals surface area contributed by atoms with Gasteiger partial charge in [-0.2, -0.15) is 0 Å². The Morgan fingerprint density at radius 2 is 1.94 bits per heavy atom. The Balaban J connectivity index is 2.23. The number of phenols is 1. The van der Waals surface area contributed by atoms with Crippen molar-refractivity contribution < 1.29 is 13.9 Å². The van der Waals surface area contributed by atoms with Crippen LogP contribution in [0.5, 0.6) is 5.75 Å². The third-order valence-corrected chi connectivity index (χ3v) is 3.44. The van der Waals surface area contributed by atoms with Gasteiger partial charge in [-0.1, -0.05) is 25.0 Å². The molecule has 0 amide bonds. The van der Waals surface area contributed by atoms with Crippen LogP contribution in [0.3, 0.4) is 0 Å². The molecule has 0 spiro atoms. The molecule has 2 rings (SSSR count). The third-order valence-electron chi connectivity index (χ3n) is 3.44. The standard InChI is InChI=1S/C13H16F2O/c14-13(15)12-7-2-1-6-11(12)9-4-3-5-10(16)8-9/h3-5,8,11-13,16H,1-2,6-7H2. The van der Waals surface area contributed by atoms with Crippen LogP contribution in [-0.4, -0.2) is 11.5 Å². The second-order valence-corrected chi connectivity index (χ2v) is 4.48. The van der Waals surface area contributed by atoms with Gasteiger partial charge in [0.15, 0.2) is 0 Å². The summed E-state index contributed by atoms with van der Waals surface area (Å²) in [5.41, 5.74) is 0.852. The predicted octanol–water partition coefficient (Wildman–Crippen LogP) is 3.93. The molecule has 1 saturated carbocycles. The molecule has 88 valence electrons. The first-order chi connectivity index (χ1) is 7.68. The maximum absolute atomic E-state index is 12.9. The van der Waals surface area contributed by atoms with Crippen molar-refractivity contribution in [2.24, 2.45) is 5.92 Å². The Kier molecular flexibility index (Phi) is 3.42. The maximum Gasteiger partial charge on any atom is 0.242 e. The highest BCUT2D eigenvalue weighted by molar-refractivity contribution is 5.30. The largest absolute Gasteiger partial charge is 0.508 e. The summed E-state index contributed by atoms with van der Waals surface area (Å²) in [5, 5.41) is 9.38. The molecule has 2 unspecified atom stereocenters. The first-order valence-corrected chi connectivity index (χ1v) is 5.75. The van der Waals surface area contributed by atoms with Gasteiger partial charge < -0.3 is 5.11 Å². The van der Waals surface area contributed by atoms with Crippen molar-refractivity contribution in [1.82, 2.24) is 0 Å². The van der Waals surface area contributed by atoms with Gasteiger partial charge in [0.2, 0.25) is 6.43 Å². The zero-order chi connectivity index (χ0) is 11.5. The van der Waals surface area contributed by atoms with Gasteiger partial charge in [0.25, 0.3) is 0 Å². The summed E-state index contributed by atoms with van der Waals surface area (Å²) < 4.78 is 25.8. The highest BCUT2D eigenvalue weighted by atomic mass is 19.3. The molecule has 1 aliphatic rings. The summed E-state index contributed by atoms with van der Waals surface area (Å²) >= 11 is 0. The number of alkyl halides is 2. The summed E-state index contributed by atoms with van der Waals surface area (Å²) in [5.74, 6) is -0.479. The lowest BCUT2D eigenvalue weighted by molar-refractivity contribution is 0.0430. The van der Waals surface area contributed by atoms with E-state index in [2.05, 4.69) is 0 Å². The van der Waals surface area contributed by atoms with Crippen molar-refractivity contribution in [1.29, 1.82) is 0 Å². The van der Waals surface area contributed by atoms with Gasteiger partial charge in [-0.25, -0.2) is 8.78 Å². The molecule has 0 saturated heterocycles. The van der Waals surface area contributed by atoms with E-state index in [1.54, 1.807) is 18.2 Å². The molecule has 1 fully saturated rings. The minimum atomic E-state index is -2.26. The van der Waals surface area contributed by atoms with Crippen LogP contribution in [0, 0.1) is 5.92 Å². The summed E-state index contributed by atoms with van der Waals surface area (Å²) in [6, 6.07) is 6.75. The molecule has 1 nitrogen and oxygen atoms in total. The summed E-state index contributed by atoms with van der Waals surface area (Å²) in [4.78, 5) is 0. The van der Waals surface area contributed by atoms with Gasteiger partial charge in [-0.3, -0.25) is 0 Å². The van der Waals surface area contributed by atoms with E-state index < -0.39 is 12.3 Å². The number of rotatable bonds is 2. The van der Waals surface area contributed by atoms with Gasteiger partial charge in [-0.05, 0) is 36.5 Å². The Bertz CT molecular complexity index is 352. The van der Waals surface area contributed by atoms with Crippen LogP contribution in [0.1, 0.15) is 37.2 Å². The number of hydrogen-bond acceptors (Lipinski definition) is 1. The van der Waals surface area contributed by atoms with Crippen molar-refractivity contribution in [3.63, 3.8) is 0 Å². The average Bonchev–Trinajstić information content (AvgIpc) is 2.29. The van der Waals surface area contributed by atoms with Crippen LogP contribution in [0.25, 0.3) is 0 Å². The summed E-state index contributed by atoms with van der Waals surface area (Å²) in [6.45, 7) is 0. The van der Waals surface area contributed by atoms with E-state index in [9.17, 15) is 13.9 Å². The van der Waals surface area contributed by atoms with Crippen LogP contribution in [0.4, 0.5) is 8.78 Å². The molecule has 2 atom stereocenters. The fraction of sp³-hybridized carbons (Fsp3) is 0.538. The Labute approximate surface area is 94.1 Å². The number of benzene rings is 1. The first-order valence-electron chi connectivity index (χ1n) is 5.75. The van der Waals surface area contributed by atoms with Gasteiger partial charge >= 0.3 is 0 Å². The lowest BCUT2D eigenvalue weighted by atomic mass is 9.75. The fourth-order valence-electron chi connectivity index (χ4n) is 2.63. The topological polar surface area (TPSA) is 20.2 Å². The average molecular weight is 226 g/mol. The van der Waals surface area contributed by atoms with E-state index >= 15 is 0 Å².